The van der Waals surface area contributed by atoms with Crippen molar-refractivity contribution in [3.63, 3.8) is 0 Å². The van der Waals surface area contributed by atoms with Gasteiger partial charge in [-0.1, -0.05) is 19.8 Å². The van der Waals surface area contributed by atoms with Gasteiger partial charge in [-0.05, 0) is 40.8 Å². The zero-order valence-electron chi connectivity index (χ0n) is 9.45. The molecule has 2 unspecified atom stereocenters. The number of rotatable bonds is 2. The van der Waals surface area contributed by atoms with Crippen LogP contribution in [0.4, 0.5) is 5.69 Å². The Morgan fingerprint density at radius 1 is 1.50 bits per heavy atom. The van der Waals surface area contributed by atoms with Crippen LogP contribution in [0.5, 0.6) is 0 Å². The van der Waals surface area contributed by atoms with Gasteiger partial charge in [-0.25, -0.2) is 4.98 Å². The van der Waals surface area contributed by atoms with E-state index in [-0.39, 0.29) is 0 Å². The van der Waals surface area contributed by atoms with Crippen molar-refractivity contribution in [1.82, 2.24) is 4.98 Å². The zero-order valence-corrected chi connectivity index (χ0v) is 11.9. The molecule has 1 fully saturated rings. The number of hydrogen-bond acceptors (Lipinski definition) is 3. The minimum Gasteiger partial charge on any atom is -0.397 e. The van der Waals surface area contributed by atoms with Gasteiger partial charge in [-0.2, -0.15) is 0 Å². The number of halogens is 1. The van der Waals surface area contributed by atoms with Gasteiger partial charge in [-0.15, -0.1) is 11.8 Å². The van der Waals surface area contributed by atoms with E-state index in [4.69, 9.17) is 5.73 Å². The van der Waals surface area contributed by atoms with Crippen LogP contribution < -0.4 is 5.73 Å². The van der Waals surface area contributed by atoms with Crippen LogP contribution in [0.3, 0.4) is 0 Å². The van der Waals surface area contributed by atoms with Crippen LogP contribution in [0, 0.1) is 5.92 Å². The second kappa shape index (κ2) is 5.41. The maximum atomic E-state index is 5.68. The van der Waals surface area contributed by atoms with Crippen molar-refractivity contribution < 1.29 is 0 Å². The molecular formula is C12H17BrN2S. The normalized spacial score (nSPS) is 25.6. The van der Waals surface area contributed by atoms with E-state index in [0.29, 0.717) is 5.69 Å². The first-order valence-corrected chi connectivity index (χ1v) is 7.40. The van der Waals surface area contributed by atoms with Gasteiger partial charge in [0.15, 0.2) is 0 Å². The smallest absolute Gasteiger partial charge is 0.111 e. The summed E-state index contributed by atoms with van der Waals surface area (Å²) >= 11 is 5.42. The SMILES string of the molecule is CC1CCCC(Sc2ncc(N)cc2Br)C1. The summed E-state index contributed by atoms with van der Waals surface area (Å²) in [6.07, 6.45) is 7.09. The van der Waals surface area contributed by atoms with E-state index in [9.17, 15) is 0 Å². The molecule has 1 aromatic heterocycles. The van der Waals surface area contributed by atoms with E-state index >= 15 is 0 Å². The van der Waals surface area contributed by atoms with Crippen molar-refractivity contribution in [2.75, 3.05) is 5.73 Å². The van der Waals surface area contributed by atoms with Gasteiger partial charge in [0.05, 0.1) is 16.4 Å². The number of anilines is 1. The third-order valence-corrected chi connectivity index (χ3v) is 5.17. The van der Waals surface area contributed by atoms with Crippen LogP contribution >= 0.6 is 27.7 Å². The lowest BCUT2D eigenvalue weighted by Gasteiger charge is -2.26. The van der Waals surface area contributed by atoms with Crippen molar-refractivity contribution in [1.29, 1.82) is 0 Å². The van der Waals surface area contributed by atoms with Crippen molar-refractivity contribution in [3.8, 4) is 0 Å². The van der Waals surface area contributed by atoms with E-state index in [0.717, 1.165) is 20.7 Å². The fraction of sp³-hybridized carbons (Fsp3) is 0.583. The summed E-state index contributed by atoms with van der Waals surface area (Å²) in [5.41, 5.74) is 6.40. The minimum absolute atomic E-state index is 0.716. The fourth-order valence-corrected chi connectivity index (χ4v) is 4.13. The van der Waals surface area contributed by atoms with E-state index in [2.05, 4.69) is 27.8 Å². The molecule has 2 rings (SSSR count). The molecule has 88 valence electrons. The van der Waals surface area contributed by atoms with E-state index < -0.39 is 0 Å². The van der Waals surface area contributed by atoms with Gasteiger partial charge in [0, 0.05) is 5.25 Å². The number of thioether (sulfide) groups is 1. The lowest BCUT2D eigenvalue weighted by molar-refractivity contribution is 0.394. The monoisotopic (exact) mass is 300 g/mol. The summed E-state index contributed by atoms with van der Waals surface area (Å²) in [6, 6.07) is 1.93. The first-order chi connectivity index (χ1) is 7.65. The molecule has 0 spiro atoms. The summed E-state index contributed by atoms with van der Waals surface area (Å²) < 4.78 is 1.02. The Hall–Kier alpha value is -0.220. The average molecular weight is 301 g/mol. The van der Waals surface area contributed by atoms with Gasteiger partial charge >= 0.3 is 0 Å². The number of nitrogens with zero attached hydrogens (tertiary/aromatic N) is 1. The Morgan fingerprint density at radius 3 is 3.00 bits per heavy atom. The molecule has 2 atom stereocenters. The lowest BCUT2D eigenvalue weighted by Crippen LogP contribution is -2.15. The molecule has 1 heterocycles. The highest BCUT2D eigenvalue weighted by Crippen LogP contribution is 2.38. The first-order valence-electron chi connectivity index (χ1n) is 5.73. The Balaban J connectivity index is 2.02. The van der Waals surface area contributed by atoms with E-state index in [1.54, 1.807) is 6.20 Å². The molecule has 4 heteroatoms. The van der Waals surface area contributed by atoms with Crippen LogP contribution in [-0.4, -0.2) is 10.2 Å². The number of pyridine rings is 1. The molecule has 16 heavy (non-hydrogen) atoms. The molecule has 0 saturated heterocycles. The quantitative estimate of drug-likeness (QED) is 0.894. The van der Waals surface area contributed by atoms with Crippen molar-refractivity contribution in [2.24, 2.45) is 5.92 Å². The van der Waals surface area contributed by atoms with Crippen molar-refractivity contribution in [3.05, 3.63) is 16.7 Å². The van der Waals surface area contributed by atoms with Crippen LogP contribution in [0.15, 0.2) is 21.8 Å². The molecule has 0 aliphatic heterocycles. The van der Waals surface area contributed by atoms with Crippen molar-refractivity contribution in [2.45, 2.75) is 42.9 Å². The topological polar surface area (TPSA) is 38.9 Å². The summed E-state index contributed by atoms with van der Waals surface area (Å²) in [5, 5.41) is 1.80. The molecule has 1 aliphatic carbocycles. The third kappa shape index (κ3) is 3.14. The summed E-state index contributed by atoms with van der Waals surface area (Å²) in [4.78, 5) is 4.39. The largest absolute Gasteiger partial charge is 0.397 e. The first kappa shape index (κ1) is 12.2. The number of hydrogen-bond donors (Lipinski definition) is 1. The molecule has 1 saturated carbocycles. The Bertz CT molecular complexity index is 370. The summed E-state index contributed by atoms with van der Waals surface area (Å²) in [7, 11) is 0. The second-order valence-electron chi connectivity index (χ2n) is 4.57. The summed E-state index contributed by atoms with van der Waals surface area (Å²) in [5.74, 6) is 0.860. The Labute approximate surface area is 110 Å². The van der Waals surface area contributed by atoms with Gasteiger partial charge in [-0.3, -0.25) is 0 Å². The van der Waals surface area contributed by atoms with E-state index in [1.807, 2.05) is 17.8 Å². The molecule has 1 aromatic rings. The summed E-state index contributed by atoms with van der Waals surface area (Å²) in [6.45, 7) is 2.35. The van der Waals surface area contributed by atoms with Gasteiger partial charge in [0.1, 0.15) is 5.03 Å². The molecule has 0 radical (unpaired) electrons. The second-order valence-corrected chi connectivity index (χ2v) is 6.71. The lowest BCUT2D eigenvalue weighted by atomic mass is 9.91. The molecule has 2 nitrogen and oxygen atoms in total. The standard InChI is InChI=1S/C12H17BrN2S/c1-8-3-2-4-10(5-8)16-12-11(13)6-9(14)7-15-12/h6-8,10H,2-5,14H2,1H3. The Morgan fingerprint density at radius 2 is 2.31 bits per heavy atom. The highest BCUT2D eigenvalue weighted by atomic mass is 79.9. The highest BCUT2D eigenvalue weighted by molar-refractivity contribution is 9.10. The maximum absolute atomic E-state index is 5.68. The molecule has 1 aliphatic rings. The predicted molar refractivity (Wildman–Crippen MR) is 73.6 cm³/mol. The van der Waals surface area contributed by atoms with Crippen LogP contribution in [-0.2, 0) is 0 Å². The highest BCUT2D eigenvalue weighted by Gasteiger charge is 2.21. The molecule has 2 N–H and O–H groups in total. The molecule has 0 bridgehead atoms. The molecular weight excluding hydrogens is 284 g/mol. The van der Waals surface area contributed by atoms with Crippen LogP contribution in [0.1, 0.15) is 32.6 Å². The zero-order chi connectivity index (χ0) is 11.5. The maximum Gasteiger partial charge on any atom is 0.111 e. The third-order valence-electron chi connectivity index (χ3n) is 3.00. The minimum atomic E-state index is 0.716. The number of nitrogen functional groups attached to an aromatic ring is 1. The van der Waals surface area contributed by atoms with Gasteiger partial charge in [0.25, 0.3) is 0 Å². The molecule has 0 aromatic carbocycles. The average Bonchev–Trinajstić information content (AvgIpc) is 2.22. The number of aromatic nitrogens is 1. The van der Waals surface area contributed by atoms with E-state index in [1.165, 1.54) is 25.7 Å². The van der Waals surface area contributed by atoms with Crippen LogP contribution in [0.2, 0.25) is 0 Å². The fourth-order valence-electron chi connectivity index (χ4n) is 2.17. The van der Waals surface area contributed by atoms with Gasteiger partial charge in [0.2, 0.25) is 0 Å². The van der Waals surface area contributed by atoms with Gasteiger partial charge < -0.3 is 5.73 Å². The number of nitrogens with two attached hydrogens (primary N) is 1. The predicted octanol–water partition coefficient (Wildman–Crippen LogP) is 4.10. The Kier molecular flexibility index (Phi) is 4.14. The van der Waals surface area contributed by atoms with Crippen LogP contribution in [0.25, 0.3) is 0 Å². The van der Waals surface area contributed by atoms with Crippen molar-refractivity contribution >= 4 is 33.4 Å². The molecule has 0 amide bonds.